The molecule has 0 unspecified atom stereocenters. The number of hydrogen-bond donors (Lipinski definition) is 0. The van der Waals surface area contributed by atoms with Crippen LogP contribution in [0.3, 0.4) is 0 Å². The first-order valence-corrected chi connectivity index (χ1v) is 13.9. The Hall–Kier alpha value is -3.18. The standard InChI is InChI=1S/C33H39FN2O2/c1-35(2)20-11-21-38-31-17-10-9-12-25(31)22-32(37)36-23-28-29(24-36)33(19-18-30(28)34,26-13-5-3-6-14-26)27-15-7-4-8-16-27/h3-10,12-17,28-30H,11,18-24H2,1-2H3/t28-,29+,30+/m0/s1. The summed E-state index contributed by atoms with van der Waals surface area (Å²) in [5, 5.41) is 0. The first kappa shape index (κ1) is 26.4. The molecule has 4 nitrogen and oxygen atoms in total. The summed E-state index contributed by atoms with van der Waals surface area (Å²) >= 11 is 0. The third-order valence-corrected chi connectivity index (χ3v) is 8.53. The number of rotatable bonds is 9. The highest BCUT2D eigenvalue weighted by molar-refractivity contribution is 5.80. The fourth-order valence-corrected chi connectivity index (χ4v) is 6.67. The highest BCUT2D eigenvalue weighted by Gasteiger charge is 2.55. The largest absolute Gasteiger partial charge is 0.493 e. The van der Waals surface area contributed by atoms with Crippen LogP contribution in [0.15, 0.2) is 84.9 Å². The summed E-state index contributed by atoms with van der Waals surface area (Å²) in [6.07, 6.45) is 1.55. The van der Waals surface area contributed by atoms with Crippen LogP contribution in [0.25, 0.3) is 0 Å². The van der Waals surface area contributed by atoms with E-state index in [9.17, 15) is 4.79 Å². The van der Waals surface area contributed by atoms with Gasteiger partial charge in [0.05, 0.1) is 13.0 Å². The van der Waals surface area contributed by atoms with Gasteiger partial charge in [0.15, 0.2) is 0 Å². The highest BCUT2D eigenvalue weighted by Crippen LogP contribution is 2.54. The number of carbonyl (C=O) groups excluding carboxylic acids is 1. The van der Waals surface area contributed by atoms with E-state index in [4.69, 9.17) is 4.74 Å². The van der Waals surface area contributed by atoms with Crippen molar-refractivity contribution in [2.75, 3.05) is 40.3 Å². The fourth-order valence-electron chi connectivity index (χ4n) is 6.67. The molecule has 2 aliphatic rings. The smallest absolute Gasteiger partial charge is 0.227 e. The summed E-state index contributed by atoms with van der Waals surface area (Å²) in [4.78, 5) is 17.7. The van der Waals surface area contributed by atoms with Crippen molar-refractivity contribution in [3.05, 3.63) is 102 Å². The van der Waals surface area contributed by atoms with Gasteiger partial charge in [-0.1, -0.05) is 78.9 Å². The molecule has 3 atom stereocenters. The van der Waals surface area contributed by atoms with Crippen molar-refractivity contribution in [2.24, 2.45) is 11.8 Å². The first-order chi connectivity index (χ1) is 18.5. The molecule has 1 saturated carbocycles. The number of carbonyl (C=O) groups is 1. The summed E-state index contributed by atoms with van der Waals surface area (Å²) in [6.45, 7) is 2.60. The van der Waals surface area contributed by atoms with Gasteiger partial charge in [0.2, 0.25) is 5.91 Å². The Labute approximate surface area is 226 Å². The lowest BCUT2D eigenvalue weighted by atomic mass is 9.56. The van der Waals surface area contributed by atoms with Crippen LogP contribution in [0.2, 0.25) is 0 Å². The highest BCUT2D eigenvalue weighted by atomic mass is 19.1. The molecule has 1 aliphatic carbocycles. The van der Waals surface area contributed by atoms with E-state index in [1.807, 2.05) is 55.4 Å². The van der Waals surface area contributed by atoms with Crippen LogP contribution in [0, 0.1) is 11.8 Å². The maximum absolute atomic E-state index is 15.5. The van der Waals surface area contributed by atoms with Gasteiger partial charge < -0.3 is 14.5 Å². The fraction of sp³-hybridized carbons (Fsp3) is 0.424. The Morgan fingerprint density at radius 2 is 1.58 bits per heavy atom. The Bertz CT molecular complexity index is 1160. The summed E-state index contributed by atoms with van der Waals surface area (Å²) in [5.41, 5.74) is 3.03. The molecule has 0 N–H and O–H groups in total. The Morgan fingerprint density at radius 3 is 2.24 bits per heavy atom. The molecule has 0 radical (unpaired) electrons. The minimum absolute atomic E-state index is 0.0255. The average Bonchev–Trinajstić information content (AvgIpc) is 3.41. The number of likely N-dealkylation sites (tertiary alicyclic amines) is 1. The number of hydrogen-bond acceptors (Lipinski definition) is 3. The van der Waals surface area contributed by atoms with Gasteiger partial charge in [-0.3, -0.25) is 4.79 Å². The average molecular weight is 515 g/mol. The molecule has 1 amide bonds. The number of halogens is 1. The summed E-state index contributed by atoms with van der Waals surface area (Å²) < 4.78 is 21.6. The lowest BCUT2D eigenvalue weighted by Crippen LogP contribution is -2.47. The zero-order valence-corrected chi connectivity index (χ0v) is 22.6. The predicted molar refractivity (Wildman–Crippen MR) is 150 cm³/mol. The lowest BCUT2D eigenvalue weighted by Gasteiger charge is -2.47. The Morgan fingerprint density at radius 1 is 0.947 bits per heavy atom. The molecule has 0 aromatic heterocycles. The normalized spacial score (nSPS) is 22.3. The van der Waals surface area contributed by atoms with Gasteiger partial charge >= 0.3 is 0 Å². The van der Waals surface area contributed by atoms with Crippen LogP contribution in [-0.4, -0.2) is 62.2 Å². The van der Waals surface area contributed by atoms with Crippen molar-refractivity contribution in [1.82, 2.24) is 9.80 Å². The van der Waals surface area contributed by atoms with Crippen LogP contribution in [0.5, 0.6) is 5.75 Å². The second-order valence-electron chi connectivity index (χ2n) is 11.1. The molecular formula is C33H39FN2O2. The monoisotopic (exact) mass is 514 g/mol. The number of para-hydroxylation sites is 1. The van der Waals surface area contributed by atoms with Crippen molar-refractivity contribution in [1.29, 1.82) is 0 Å². The second-order valence-corrected chi connectivity index (χ2v) is 11.1. The van der Waals surface area contributed by atoms with Gasteiger partial charge in [0, 0.05) is 36.5 Å². The number of ether oxygens (including phenoxy) is 1. The van der Waals surface area contributed by atoms with Crippen molar-refractivity contribution < 1.29 is 13.9 Å². The quantitative estimate of drug-likeness (QED) is 0.341. The minimum Gasteiger partial charge on any atom is -0.493 e. The summed E-state index contributed by atoms with van der Waals surface area (Å²) in [7, 11) is 4.10. The second kappa shape index (κ2) is 11.7. The van der Waals surface area contributed by atoms with E-state index in [0.717, 1.165) is 30.7 Å². The number of alkyl halides is 1. The first-order valence-electron chi connectivity index (χ1n) is 13.9. The van der Waals surface area contributed by atoms with E-state index in [1.165, 1.54) is 11.1 Å². The van der Waals surface area contributed by atoms with Crippen molar-refractivity contribution in [3.63, 3.8) is 0 Å². The van der Waals surface area contributed by atoms with Gasteiger partial charge in [-0.05, 0) is 56.5 Å². The maximum Gasteiger partial charge on any atom is 0.227 e. The predicted octanol–water partition coefficient (Wildman–Crippen LogP) is 5.75. The third kappa shape index (κ3) is 5.35. The molecule has 0 bridgehead atoms. The van der Waals surface area contributed by atoms with Crippen LogP contribution < -0.4 is 4.74 Å². The molecule has 0 spiro atoms. The Balaban J connectivity index is 1.38. The lowest BCUT2D eigenvalue weighted by molar-refractivity contribution is -0.129. The molecule has 200 valence electrons. The molecule has 3 aromatic rings. The van der Waals surface area contributed by atoms with Crippen LogP contribution in [0.1, 0.15) is 36.0 Å². The van der Waals surface area contributed by atoms with Crippen LogP contribution >= 0.6 is 0 Å². The third-order valence-electron chi connectivity index (χ3n) is 8.53. The molecule has 5 rings (SSSR count). The molecule has 5 heteroatoms. The van der Waals surface area contributed by atoms with Crippen molar-refractivity contribution >= 4 is 5.91 Å². The van der Waals surface area contributed by atoms with Gasteiger partial charge in [-0.15, -0.1) is 0 Å². The maximum atomic E-state index is 15.5. The van der Waals surface area contributed by atoms with E-state index in [2.05, 4.69) is 53.4 Å². The van der Waals surface area contributed by atoms with Gasteiger partial charge in [0.25, 0.3) is 0 Å². The van der Waals surface area contributed by atoms with Crippen LogP contribution in [-0.2, 0) is 16.6 Å². The summed E-state index contributed by atoms with van der Waals surface area (Å²) in [6, 6.07) is 28.9. The molecule has 3 aromatic carbocycles. The number of fused-ring (bicyclic) bond motifs is 1. The molecule has 2 fully saturated rings. The topological polar surface area (TPSA) is 32.8 Å². The molecule has 38 heavy (non-hydrogen) atoms. The van der Waals surface area contributed by atoms with E-state index >= 15 is 4.39 Å². The van der Waals surface area contributed by atoms with E-state index in [1.54, 1.807) is 0 Å². The van der Waals surface area contributed by atoms with Gasteiger partial charge in [-0.2, -0.15) is 0 Å². The Kier molecular flexibility index (Phi) is 8.13. The zero-order valence-electron chi connectivity index (χ0n) is 22.6. The molecule has 1 saturated heterocycles. The van der Waals surface area contributed by atoms with E-state index < -0.39 is 6.17 Å². The minimum atomic E-state index is -0.898. The van der Waals surface area contributed by atoms with Crippen molar-refractivity contribution in [2.45, 2.75) is 37.3 Å². The van der Waals surface area contributed by atoms with E-state index in [0.29, 0.717) is 26.1 Å². The molecule has 1 heterocycles. The number of benzene rings is 3. The molecular weight excluding hydrogens is 475 g/mol. The summed E-state index contributed by atoms with van der Waals surface area (Å²) in [5.74, 6) is 0.664. The number of amides is 1. The van der Waals surface area contributed by atoms with Crippen LogP contribution in [0.4, 0.5) is 4.39 Å². The van der Waals surface area contributed by atoms with Gasteiger partial charge in [-0.25, -0.2) is 4.39 Å². The zero-order chi connectivity index (χ0) is 26.5. The molecule has 1 aliphatic heterocycles. The van der Waals surface area contributed by atoms with Gasteiger partial charge in [0.1, 0.15) is 11.9 Å². The number of nitrogens with zero attached hydrogens (tertiary/aromatic N) is 2. The van der Waals surface area contributed by atoms with E-state index in [-0.39, 0.29) is 29.6 Å². The SMILES string of the molecule is CN(C)CCCOc1ccccc1CC(=O)N1C[C@@H]2[C@H](F)CCC(c3ccccc3)(c3ccccc3)[C@@H]2C1. The van der Waals surface area contributed by atoms with Crippen molar-refractivity contribution in [3.8, 4) is 5.75 Å².